The van der Waals surface area contributed by atoms with E-state index in [0.717, 1.165) is 10.9 Å². The topological polar surface area (TPSA) is 236 Å². The number of aliphatic hydroxyl groups excluding tert-OH is 1. The van der Waals surface area contributed by atoms with Crippen molar-refractivity contribution < 1.29 is 39.3 Å². The number of carboxylic acid groups (broad SMARTS) is 1. The number of H-pyrrole nitrogens is 1. The monoisotopic (exact) mass is 658 g/mol. The number of carboxylic acids is 1. The molecule has 0 aliphatic rings. The molecule has 4 amide bonds. The van der Waals surface area contributed by atoms with Crippen molar-refractivity contribution in [3.63, 3.8) is 0 Å². The molecule has 14 nitrogen and oxygen atoms in total. The van der Waals surface area contributed by atoms with Crippen LogP contribution in [0.2, 0.25) is 0 Å². The summed E-state index contributed by atoms with van der Waals surface area (Å²) < 4.78 is 0. The van der Waals surface area contributed by atoms with E-state index in [9.17, 15) is 39.3 Å². The van der Waals surface area contributed by atoms with Crippen LogP contribution in [0.25, 0.3) is 10.9 Å². The van der Waals surface area contributed by atoms with Crippen LogP contribution in [0.3, 0.4) is 0 Å². The first-order valence-corrected chi connectivity index (χ1v) is 15.2. The number of carbonyl (C=O) groups is 5. The van der Waals surface area contributed by atoms with Gasteiger partial charge in [0.2, 0.25) is 23.6 Å². The lowest BCUT2D eigenvalue weighted by molar-refractivity contribution is -0.143. The predicted octanol–water partition coefficient (Wildman–Crippen LogP) is -0.124. The maximum atomic E-state index is 14.0. The number of hydrogen-bond donors (Lipinski definition) is 9. The van der Waals surface area contributed by atoms with E-state index in [-0.39, 0.29) is 31.6 Å². The molecular formula is C34H38N6O8. The van der Waals surface area contributed by atoms with Crippen LogP contribution >= 0.6 is 0 Å². The van der Waals surface area contributed by atoms with Crippen molar-refractivity contribution in [2.24, 2.45) is 5.73 Å². The van der Waals surface area contributed by atoms with Gasteiger partial charge < -0.3 is 47.3 Å². The molecule has 0 spiro atoms. The number of fused-ring (bicyclic) bond motifs is 1. The molecule has 0 aliphatic heterocycles. The Hall–Kier alpha value is -5.73. The van der Waals surface area contributed by atoms with Crippen LogP contribution < -0.4 is 27.0 Å². The first-order chi connectivity index (χ1) is 23.1. The van der Waals surface area contributed by atoms with Gasteiger partial charge in [-0.3, -0.25) is 19.2 Å². The van der Waals surface area contributed by atoms with Gasteiger partial charge >= 0.3 is 5.97 Å². The smallest absolute Gasteiger partial charge is 0.328 e. The normalized spacial score (nSPS) is 13.5. The number of aliphatic carboxylic acids is 1. The van der Waals surface area contributed by atoms with Crippen molar-refractivity contribution in [3.8, 4) is 5.75 Å². The van der Waals surface area contributed by atoms with E-state index in [4.69, 9.17) is 5.73 Å². The van der Waals surface area contributed by atoms with Crippen molar-refractivity contribution >= 4 is 40.5 Å². The number of para-hydroxylation sites is 1. The number of aromatic amines is 1. The summed E-state index contributed by atoms with van der Waals surface area (Å²) in [6.45, 7) is -1.26. The third kappa shape index (κ3) is 9.64. The Labute approximate surface area is 275 Å². The largest absolute Gasteiger partial charge is 0.508 e. The Morgan fingerprint density at radius 1 is 0.667 bits per heavy atom. The predicted molar refractivity (Wildman–Crippen MR) is 175 cm³/mol. The van der Waals surface area contributed by atoms with Gasteiger partial charge in [0.15, 0.2) is 0 Å². The molecule has 48 heavy (non-hydrogen) atoms. The number of aromatic hydroxyl groups is 1. The molecule has 0 fully saturated rings. The van der Waals surface area contributed by atoms with Crippen LogP contribution in [0.15, 0.2) is 85.1 Å². The van der Waals surface area contributed by atoms with Gasteiger partial charge in [-0.2, -0.15) is 0 Å². The Balaban J connectivity index is 1.62. The lowest BCUT2D eigenvalue weighted by Gasteiger charge is -2.26. The van der Waals surface area contributed by atoms with Crippen LogP contribution in [-0.4, -0.2) is 87.2 Å². The van der Waals surface area contributed by atoms with Crippen LogP contribution in [0.1, 0.15) is 16.7 Å². The highest BCUT2D eigenvalue weighted by atomic mass is 16.4. The summed E-state index contributed by atoms with van der Waals surface area (Å²) in [5, 5.41) is 39.6. The number of rotatable bonds is 16. The summed E-state index contributed by atoms with van der Waals surface area (Å²) in [4.78, 5) is 68.0. The average Bonchev–Trinajstić information content (AvgIpc) is 3.49. The first-order valence-electron chi connectivity index (χ1n) is 15.2. The molecule has 10 N–H and O–H groups in total. The van der Waals surface area contributed by atoms with E-state index < -0.39 is 60.4 Å². The standard InChI is InChI=1S/C34H38N6O8/c35-17-30(43)37-26(15-21-10-12-23(42)13-11-21)31(44)38-27(14-20-6-2-1-3-7-20)32(45)39-28(33(46)40-29(19-41)34(47)48)16-22-18-36-25-9-5-4-8-24(22)25/h1-13,18,26-29,36,41-42H,14-17,19,35H2,(H,37,43)(H,38,44)(H,39,45)(H,40,46)(H,47,48)/t26-,27-,28-,29-/m0/s1. The number of benzene rings is 3. The van der Waals surface area contributed by atoms with Gasteiger partial charge in [0, 0.05) is 36.4 Å². The van der Waals surface area contributed by atoms with Crippen molar-refractivity contribution in [1.82, 2.24) is 26.3 Å². The minimum atomic E-state index is -1.62. The zero-order chi connectivity index (χ0) is 34.6. The number of nitrogens with two attached hydrogens (primary N) is 1. The molecular weight excluding hydrogens is 620 g/mol. The quantitative estimate of drug-likeness (QED) is 0.0779. The summed E-state index contributed by atoms with van der Waals surface area (Å²) in [5.41, 5.74) is 8.22. The highest BCUT2D eigenvalue weighted by Gasteiger charge is 2.32. The van der Waals surface area contributed by atoms with Crippen molar-refractivity contribution in [1.29, 1.82) is 0 Å². The van der Waals surface area contributed by atoms with E-state index in [0.29, 0.717) is 16.7 Å². The number of aromatic nitrogens is 1. The molecule has 4 rings (SSSR count). The summed E-state index contributed by atoms with van der Waals surface area (Å²) in [5.74, 6) is -4.37. The molecule has 0 saturated heterocycles. The van der Waals surface area contributed by atoms with E-state index in [1.807, 2.05) is 24.3 Å². The second-order valence-corrected chi connectivity index (χ2v) is 11.2. The number of nitrogens with one attached hydrogen (secondary N) is 5. The average molecular weight is 659 g/mol. The molecule has 4 aromatic rings. The molecule has 0 aliphatic carbocycles. The third-order valence-electron chi connectivity index (χ3n) is 7.66. The molecule has 0 radical (unpaired) electrons. The zero-order valence-electron chi connectivity index (χ0n) is 25.9. The Kier molecular flexibility index (Phi) is 12.2. The third-order valence-corrected chi connectivity index (χ3v) is 7.66. The minimum absolute atomic E-state index is 0.00495. The van der Waals surface area contributed by atoms with Crippen molar-refractivity contribution in [2.75, 3.05) is 13.2 Å². The van der Waals surface area contributed by atoms with E-state index in [2.05, 4.69) is 26.3 Å². The maximum Gasteiger partial charge on any atom is 0.328 e. The van der Waals surface area contributed by atoms with Gasteiger partial charge in [-0.05, 0) is 34.9 Å². The molecule has 4 atom stereocenters. The van der Waals surface area contributed by atoms with E-state index in [1.165, 1.54) is 12.1 Å². The lowest BCUT2D eigenvalue weighted by atomic mass is 10.0. The molecule has 252 valence electrons. The van der Waals surface area contributed by atoms with E-state index in [1.54, 1.807) is 48.7 Å². The summed E-state index contributed by atoms with van der Waals surface area (Å²) >= 11 is 0. The van der Waals surface area contributed by atoms with Crippen molar-refractivity contribution in [3.05, 3.63) is 102 Å². The second kappa shape index (κ2) is 16.7. The second-order valence-electron chi connectivity index (χ2n) is 11.2. The van der Waals surface area contributed by atoms with Gasteiger partial charge in [0.05, 0.1) is 13.2 Å². The Morgan fingerprint density at radius 2 is 1.19 bits per heavy atom. The summed E-state index contributed by atoms with van der Waals surface area (Å²) in [6.07, 6.45) is 1.64. The molecule has 1 aromatic heterocycles. The number of amides is 4. The number of carbonyl (C=O) groups excluding carboxylic acids is 4. The van der Waals surface area contributed by atoms with Crippen molar-refractivity contribution in [2.45, 2.75) is 43.4 Å². The van der Waals surface area contributed by atoms with Gasteiger partial charge in [-0.25, -0.2) is 4.79 Å². The lowest BCUT2D eigenvalue weighted by Crippen LogP contribution is -2.59. The van der Waals surface area contributed by atoms with Crippen LogP contribution in [0, 0.1) is 0 Å². The molecule has 0 saturated carbocycles. The first kappa shape index (κ1) is 35.1. The van der Waals surface area contributed by atoms with Crippen LogP contribution in [0.5, 0.6) is 5.75 Å². The molecule has 0 bridgehead atoms. The van der Waals surface area contributed by atoms with Gasteiger partial charge in [0.25, 0.3) is 0 Å². The maximum absolute atomic E-state index is 14.0. The Morgan fingerprint density at radius 3 is 1.77 bits per heavy atom. The summed E-state index contributed by atoms with van der Waals surface area (Å²) in [7, 11) is 0. The minimum Gasteiger partial charge on any atom is -0.508 e. The molecule has 1 heterocycles. The number of phenolic OH excluding ortho intramolecular Hbond substituents is 1. The summed E-state index contributed by atoms with van der Waals surface area (Å²) in [6, 6.07) is 16.8. The fourth-order valence-corrected chi connectivity index (χ4v) is 5.12. The van der Waals surface area contributed by atoms with Gasteiger partial charge in [0.1, 0.15) is 29.9 Å². The van der Waals surface area contributed by atoms with Gasteiger partial charge in [-0.15, -0.1) is 0 Å². The highest BCUT2D eigenvalue weighted by molar-refractivity contribution is 5.96. The number of aliphatic hydroxyl groups is 1. The zero-order valence-corrected chi connectivity index (χ0v) is 25.9. The SMILES string of the molecule is NCC(=O)N[C@@H](Cc1ccc(O)cc1)C(=O)N[C@@H](Cc1ccccc1)C(=O)N[C@@H](Cc1c[nH]c2ccccc12)C(=O)N[C@@H](CO)C(=O)O. The van der Waals surface area contributed by atoms with E-state index >= 15 is 0 Å². The van der Waals surface area contributed by atoms with Crippen LogP contribution in [-0.2, 0) is 43.2 Å². The fourth-order valence-electron chi connectivity index (χ4n) is 5.12. The molecule has 3 aromatic carbocycles. The Bertz CT molecular complexity index is 1730. The number of hydrogen-bond acceptors (Lipinski definition) is 8. The highest BCUT2D eigenvalue weighted by Crippen LogP contribution is 2.20. The molecule has 0 unspecified atom stereocenters. The fraction of sp³-hybridized carbons (Fsp3) is 0.265. The van der Waals surface area contributed by atoms with Gasteiger partial charge in [-0.1, -0.05) is 60.7 Å². The number of phenols is 1. The molecule has 14 heteroatoms. The van der Waals surface area contributed by atoms with Crippen LogP contribution in [0.4, 0.5) is 0 Å².